The van der Waals surface area contributed by atoms with E-state index in [1.54, 1.807) is 6.07 Å². The van der Waals surface area contributed by atoms with Crippen LogP contribution >= 0.6 is 22.6 Å². The van der Waals surface area contributed by atoms with E-state index in [2.05, 4.69) is 34.0 Å². The van der Waals surface area contributed by atoms with Crippen molar-refractivity contribution in [1.29, 1.82) is 5.26 Å². The van der Waals surface area contributed by atoms with E-state index in [1.807, 2.05) is 42.5 Å². The summed E-state index contributed by atoms with van der Waals surface area (Å²) in [6.45, 7) is 0. The predicted octanol–water partition coefficient (Wildman–Crippen LogP) is 3.91. The van der Waals surface area contributed by atoms with Crippen LogP contribution in [0.3, 0.4) is 0 Å². The van der Waals surface area contributed by atoms with Crippen molar-refractivity contribution in [2.75, 3.05) is 5.32 Å². The highest BCUT2D eigenvalue weighted by molar-refractivity contribution is 14.1. The molecule has 1 N–H and O–H groups in total. The van der Waals surface area contributed by atoms with Crippen LogP contribution in [0.5, 0.6) is 0 Å². The largest absolute Gasteiger partial charge is 0.354 e. The molecule has 0 bridgehead atoms. The number of rotatable bonds is 2. The first kappa shape index (κ1) is 11.0. The Bertz CT molecular complexity index is 526. The Morgan fingerprint density at radius 1 is 1.00 bits per heavy atom. The van der Waals surface area contributed by atoms with Crippen LogP contribution in [0.25, 0.3) is 0 Å². The summed E-state index contributed by atoms with van der Waals surface area (Å²) in [5, 5.41) is 12.2. The van der Waals surface area contributed by atoms with Gasteiger partial charge in [0.25, 0.3) is 0 Å². The molecular formula is C13H9IN2. The first-order valence-electron chi connectivity index (χ1n) is 4.81. The van der Waals surface area contributed by atoms with E-state index in [0.717, 1.165) is 11.4 Å². The quantitative estimate of drug-likeness (QED) is 0.852. The summed E-state index contributed by atoms with van der Waals surface area (Å²) in [6.07, 6.45) is 0. The molecule has 16 heavy (non-hydrogen) atoms. The first-order valence-corrected chi connectivity index (χ1v) is 5.89. The van der Waals surface area contributed by atoms with Gasteiger partial charge in [-0.1, -0.05) is 12.1 Å². The monoisotopic (exact) mass is 320 g/mol. The lowest BCUT2D eigenvalue weighted by atomic mass is 10.2. The van der Waals surface area contributed by atoms with Gasteiger partial charge in [-0.25, -0.2) is 0 Å². The van der Waals surface area contributed by atoms with Gasteiger partial charge in [0.05, 0.1) is 11.3 Å². The fraction of sp³-hybridized carbons (Fsp3) is 0. The van der Waals surface area contributed by atoms with Gasteiger partial charge in [0.2, 0.25) is 0 Å². The van der Waals surface area contributed by atoms with Gasteiger partial charge in [0, 0.05) is 9.26 Å². The van der Waals surface area contributed by atoms with Gasteiger partial charge in [-0.3, -0.25) is 0 Å². The van der Waals surface area contributed by atoms with Gasteiger partial charge in [0.1, 0.15) is 6.07 Å². The number of nitrogens with one attached hydrogen (secondary N) is 1. The molecule has 2 aromatic rings. The van der Waals surface area contributed by atoms with Crippen molar-refractivity contribution < 1.29 is 0 Å². The van der Waals surface area contributed by atoms with Crippen LogP contribution in [0.1, 0.15) is 5.56 Å². The topological polar surface area (TPSA) is 35.8 Å². The van der Waals surface area contributed by atoms with Gasteiger partial charge < -0.3 is 5.32 Å². The number of halogens is 1. The zero-order valence-corrected chi connectivity index (χ0v) is 10.6. The molecule has 2 aromatic carbocycles. The Morgan fingerprint density at radius 3 is 2.38 bits per heavy atom. The number of nitrogens with zero attached hydrogens (tertiary/aromatic N) is 1. The molecule has 0 unspecified atom stereocenters. The maximum atomic E-state index is 8.95. The van der Waals surface area contributed by atoms with Crippen LogP contribution in [-0.2, 0) is 0 Å². The second-order valence-electron chi connectivity index (χ2n) is 3.29. The maximum absolute atomic E-state index is 8.95. The van der Waals surface area contributed by atoms with Crippen molar-refractivity contribution >= 4 is 34.0 Å². The molecule has 0 radical (unpaired) electrons. The number of hydrogen-bond acceptors (Lipinski definition) is 2. The Kier molecular flexibility index (Phi) is 3.42. The van der Waals surface area contributed by atoms with Crippen molar-refractivity contribution in [2.45, 2.75) is 0 Å². The van der Waals surface area contributed by atoms with Gasteiger partial charge in [-0.2, -0.15) is 5.26 Å². The summed E-state index contributed by atoms with van der Waals surface area (Å²) in [5.41, 5.74) is 2.48. The van der Waals surface area contributed by atoms with Crippen molar-refractivity contribution in [3.05, 3.63) is 57.7 Å². The predicted molar refractivity (Wildman–Crippen MR) is 73.6 cm³/mol. The molecule has 2 rings (SSSR count). The second-order valence-corrected chi connectivity index (χ2v) is 4.53. The molecule has 0 atom stereocenters. The standard InChI is InChI=1S/C13H9IN2/c14-11-5-7-12(8-6-11)16-13-4-2-1-3-10(13)9-15/h1-8,16H. The van der Waals surface area contributed by atoms with Crippen LogP contribution in [0.15, 0.2) is 48.5 Å². The Hall–Kier alpha value is -1.54. The molecule has 0 saturated carbocycles. The third-order valence-corrected chi connectivity index (χ3v) is 2.89. The lowest BCUT2D eigenvalue weighted by Crippen LogP contribution is -1.92. The summed E-state index contributed by atoms with van der Waals surface area (Å²) in [6, 6.07) is 17.7. The van der Waals surface area contributed by atoms with Crippen molar-refractivity contribution in [3.63, 3.8) is 0 Å². The summed E-state index contributed by atoms with van der Waals surface area (Å²) < 4.78 is 1.19. The molecule has 3 heteroatoms. The summed E-state index contributed by atoms with van der Waals surface area (Å²) in [4.78, 5) is 0. The van der Waals surface area contributed by atoms with E-state index in [1.165, 1.54) is 3.57 Å². The minimum atomic E-state index is 0.654. The molecule has 0 aliphatic carbocycles. The summed E-state index contributed by atoms with van der Waals surface area (Å²) >= 11 is 2.26. The average molecular weight is 320 g/mol. The summed E-state index contributed by atoms with van der Waals surface area (Å²) in [7, 11) is 0. The molecule has 0 aliphatic rings. The molecule has 0 saturated heterocycles. The Labute approximate surface area is 108 Å². The molecule has 0 aromatic heterocycles. The third-order valence-electron chi connectivity index (χ3n) is 2.17. The molecule has 0 fully saturated rings. The summed E-state index contributed by atoms with van der Waals surface area (Å²) in [5.74, 6) is 0. The number of anilines is 2. The molecule has 2 nitrogen and oxygen atoms in total. The smallest absolute Gasteiger partial charge is 0.101 e. The van der Waals surface area contributed by atoms with Gasteiger partial charge in [0.15, 0.2) is 0 Å². The molecule has 0 amide bonds. The highest BCUT2D eigenvalue weighted by Gasteiger charge is 2.00. The molecule has 0 spiro atoms. The van der Waals surface area contributed by atoms with Gasteiger partial charge >= 0.3 is 0 Å². The van der Waals surface area contributed by atoms with E-state index in [4.69, 9.17) is 5.26 Å². The molecule has 78 valence electrons. The second kappa shape index (κ2) is 4.99. The number of benzene rings is 2. The van der Waals surface area contributed by atoms with E-state index < -0.39 is 0 Å². The number of para-hydroxylation sites is 1. The zero-order chi connectivity index (χ0) is 11.4. The van der Waals surface area contributed by atoms with Crippen LogP contribution in [-0.4, -0.2) is 0 Å². The molecule has 0 aliphatic heterocycles. The van der Waals surface area contributed by atoms with E-state index in [0.29, 0.717) is 5.56 Å². The fourth-order valence-corrected chi connectivity index (χ4v) is 1.74. The minimum absolute atomic E-state index is 0.654. The molecular weight excluding hydrogens is 311 g/mol. The zero-order valence-electron chi connectivity index (χ0n) is 8.44. The van der Waals surface area contributed by atoms with E-state index in [-0.39, 0.29) is 0 Å². The fourth-order valence-electron chi connectivity index (χ4n) is 1.38. The van der Waals surface area contributed by atoms with Gasteiger partial charge in [-0.05, 0) is 59.0 Å². The van der Waals surface area contributed by atoms with Crippen LogP contribution in [0.2, 0.25) is 0 Å². The van der Waals surface area contributed by atoms with Crippen molar-refractivity contribution in [2.24, 2.45) is 0 Å². The third kappa shape index (κ3) is 2.52. The lowest BCUT2D eigenvalue weighted by molar-refractivity contribution is 1.46. The SMILES string of the molecule is N#Cc1ccccc1Nc1ccc(I)cc1. The highest BCUT2D eigenvalue weighted by Crippen LogP contribution is 2.20. The Balaban J connectivity index is 2.27. The number of hydrogen-bond donors (Lipinski definition) is 1. The minimum Gasteiger partial charge on any atom is -0.354 e. The molecule has 0 heterocycles. The van der Waals surface area contributed by atoms with Crippen molar-refractivity contribution in [3.8, 4) is 6.07 Å². The average Bonchev–Trinajstić information content (AvgIpc) is 2.33. The van der Waals surface area contributed by atoms with Gasteiger partial charge in [-0.15, -0.1) is 0 Å². The van der Waals surface area contributed by atoms with E-state index in [9.17, 15) is 0 Å². The maximum Gasteiger partial charge on any atom is 0.101 e. The van der Waals surface area contributed by atoms with Crippen LogP contribution in [0, 0.1) is 14.9 Å². The van der Waals surface area contributed by atoms with E-state index >= 15 is 0 Å². The normalized spacial score (nSPS) is 9.50. The van der Waals surface area contributed by atoms with Crippen LogP contribution in [0.4, 0.5) is 11.4 Å². The number of nitriles is 1. The first-order chi connectivity index (χ1) is 7.79. The van der Waals surface area contributed by atoms with Crippen LogP contribution < -0.4 is 5.32 Å². The highest BCUT2D eigenvalue weighted by atomic mass is 127. The lowest BCUT2D eigenvalue weighted by Gasteiger charge is -2.07. The van der Waals surface area contributed by atoms with Crippen molar-refractivity contribution in [1.82, 2.24) is 0 Å². The Morgan fingerprint density at radius 2 is 1.69 bits per heavy atom.